The molecule has 0 bridgehead atoms. The van der Waals surface area contributed by atoms with Crippen molar-refractivity contribution in [2.45, 2.75) is 37.7 Å². The number of fused-ring (bicyclic) bond motifs is 1. The van der Waals surface area contributed by atoms with Gasteiger partial charge in [-0.25, -0.2) is 14.4 Å². The molecular weight excluding hydrogens is 490 g/mol. The second kappa shape index (κ2) is 11.0. The van der Waals surface area contributed by atoms with Crippen LogP contribution < -0.4 is 0 Å². The Morgan fingerprint density at radius 1 is 0.857 bits per heavy atom. The number of rotatable bonds is 8. The largest absolute Gasteiger partial charge is 0.374 e. The number of hydrogen-bond donors (Lipinski definition) is 0. The van der Waals surface area contributed by atoms with Crippen LogP contribution in [0.25, 0.3) is 10.9 Å². The molecule has 1 saturated heterocycles. The fraction of sp³-hybridized carbons (Fsp3) is 0.259. The van der Waals surface area contributed by atoms with E-state index in [0.29, 0.717) is 23.1 Å². The maximum Gasteiger partial charge on any atom is 0.224 e. The van der Waals surface area contributed by atoms with Crippen LogP contribution in [0.1, 0.15) is 22.8 Å². The molecule has 4 atom stereocenters. The Hall–Kier alpha value is -2.61. The molecule has 1 aliphatic rings. The van der Waals surface area contributed by atoms with Crippen molar-refractivity contribution in [2.24, 2.45) is 0 Å². The summed E-state index contributed by atoms with van der Waals surface area (Å²) in [5.74, 6) is 0. The zero-order valence-corrected chi connectivity index (χ0v) is 20.2. The van der Waals surface area contributed by atoms with Gasteiger partial charge in [0.25, 0.3) is 0 Å². The number of halogens is 3. The Labute approximate surface area is 212 Å². The molecule has 0 unspecified atom stereocenters. The molecule has 35 heavy (non-hydrogen) atoms. The standard InChI is InChI=1S/C27H23Cl2FN2O3/c28-26-20-12-11-19(13-21(20)31-27(29)32-26)24-23(30)25(34-15-18-9-5-2-6-10-18)22(35-24)16-33-14-17-7-3-1-4-8-17/h1-13,22-25H,14-16H2/t22-,23-,24+,25-/m1/s1. The lowest BCUT2D eigenvalue weighted by Crippen LogP contribution is -2.34. The molecule has 0 radical (unpaired) electrons. The third-order valence-electron chi connectivity index (χ3n) is 5.95. The van der Waals surface area contributed by atoms with E-state index in [2.05, 4.69) is 9.97 Å². The van der Waals surface area contributed by atoms with E-state index in [0.717, 1.165) is 11.1 Å². The summed E-state index contributed by atoms with van der Waals surface area (Å²) in [6.07, 6.45) is -3.65. The Balaban J connectivity index is 1.35. The van der Waals surface area contributed by atoms with Crippen LogP contribution in [0.2, 0.25) is 10.4 Å². The first kappa shape index (κ1) is 24.1. The van der Waals surface area contributed by atoms with Gasteiger partial charge in [-0.1, -0.05) is 78.3 Å². The zero-order valence-electron chi connectivity index (χ0n) is 18.7. The zero-order chi connectivity index (χ0) is 24.2. The maximum atomic E-state index is 15.8. The fourth-order valence-electron chi connectivity index (χ4n) is 4.21. The third-order valence-corrected chi connectivity index (χ3v) is 6.40. The number of benzene rings is 3. The highest BCUT2D eigenvalue weighted by Gasteiger charge is 2.46. The summed E-state index contributed by atoms with van der Waals surface area (Å²) >= 11 is 12.1. The van der Waals surface area contributed by atoms with Gasteiger partial charge >= 0.3 is 0 Å². The van der Waals surface area contributed by atoms with Gasteiger partial charge in [0.2, 0.25) is 5.28 Å². The Morgan fingerprint density at radius 3 is 2.26 bits per heavy atom. The lowest BCUT2D eigenvalue weighted by atomic mass is 10.0. The fourth-order valence-corrected chi connectivity index (χ4v) is 4.66. The minimum Gasteiger partial charge on any atom is -0.374 e. The van der Waals surface area contributed by atoms with Crippen molar-refractivity contribution in [1.29, 1.82) is 0 Å². The van der Waals surface area contributed by atoms with Crippen LogP contribution in [-0.2, 0) is 27.4 Å². The summed E-state index contributed by atoms with van der Waals surface area (Å²) in [4.78, 5) is 8.18. The van der Waals surface area contributed by atoms with Crippen molar-refractivity contribution < 1.29 is 18.6 Å². The molecule has 0 aliphatic carbocycles. The first-order valence-corrected chi connectivity index (χ1v) is 12.0. The summed E-state index contributed by atoms with van der Waals surface area (Å²) in [6, 6.07) is 24.7. The van der Waals surface area contributed by atoms with Crippen molar-refractivity contribution >= 4 is 34.1 Å². The first-order chi connectivity index (χ1) is 17.1. The molecule has 5 nitrogen and oxygen atoms in total. The summed E-state index contributed by atoms with van der Waals surface area (Å²) < 4.78 is 33.9. The highest BCUT2D eigenvalue weighted by atomic mass is 35.5. The second-order valence-electron chi connectivity index (χ2n) is 8.36. The Morgan fingerprint density at radius 2 is 1.54 bits per heavy atom. The smallest absolute Gasteiger partial charge is 0.224 e. The maximum absolute atomic E-state index is 15.8. The van der Waals surface area contributed by atoms with Crippen LogP contribution in [0.3, 0.4) is 0 Å². The summed E-state index contributed by atoms with van der Waals surface area (Å²) in [5.41, 5.74) is 3.13. The van der Waals surface area contributed by atoms with Gasteiger partial charge in [0.1, 0.15) is 23.5 Å². The van der Waals surface area contributed by atoms with E-state index in [1.54, 1.807) is 18.2 Å². The number of ether oxygens (including phenoxy) is 3. The average molecular weight is 513 g/mol. The molecule has 1 fully saturated rings. The molecule has 0 N–H and O–H groups in total. The average Bonchev–Trinajstić information content (AvgIpc) is 3.18. The number of aromatic nitrogens is 2. The molecule has 1 aromatic heterocycles. The quantitative estimate of drug-likeness (QED) is 0.199. The lowest BCUT2D eigenvalue weighted by molar-refractivity contribution is -0.0737. The first-order valence-electron chi connectivity index (χ1n) is 11.3. The van der Waals surface area contributed by atoms with Crippen LogP contribution in [0.5, 0.6) is 0 Å². The van der Waals surface area contributed by atoms with E-state index in [1.807, 2.05) is 60.7 Å². The molecule has 8 heteroatoms. The van der Waals surface area contributed by atoms with Gasteiger partial charge in [-0.05, 0) is 40.4 Å². The van der Waals surface area contributed by atoms with Crippen molar-refractivity contribution in [1.82, 2.24) is 9.97 Å². The molecule has 3 aromatic carbocycles. The second-order valence-corrected chi connectivity index (χ2v) is 9.06. The van der Waals surface area contributed by atoms with E-state index >= 15 is 4.39 Å². The number of nitrogens with zero attached hydrogens (tertiary/aromatic N) is 2. The monoisotopic (exact) mass is 512 g/mol. The van der Waals surface area contributed by atoms with Crippen molar-refractivity contribution in [3.05, 3.63) is 106 Å². The van der Waals surface area contributed by atoms with Gasteiger partial charge in [-0.15, -0.1) is 0 Å². The van der Waals surface area contributed by atoms with Crippen LogP contribution in [0.15, 0.2) is 78.9 Å². The lowest BCUT2D eigenvalue weighted by Gasteiger charge is -2.20. The van der Waals surface area contributed by atoms with E-state index in [1.165, 1.54) is 0 Å². The predicted molar refractivity (Wildman–Crippen MR) is 133 cm³/mol. The van der Waals surface area contributed by atoms with E-state index in [-0.39, 0.29) is 23.7 Å². The molecule has 0 spiro atoms. The van der Waals surface area contributed by atoms with Gasteiger partial charge in [0.05, 0.1) is 25.3 Å². The topological polar surface area (TPSA) is 53.5 Å². The highest BCUT2D eigenvalue weighted by Crippen LogP contribution is 2.39. The van der Waals surface area contributed by atoms with Crippen LogP contribution >= 0.6 is 23.2 Å². The molecule has 0 saturated carbocycles. The summed E-state index contributed by atoms with van der Waals surface area (Å²) in [5, 5.41) is 0.903. The SMILES string of the molecule is F[C@H]1[C@H](OCc2ccccc2)[C@@H](COCc2ccccc2)O[C@H]1c1ccc2c(Cl)nc(Cl)nc2c1. The van der Waals surface area contributed by atoms with Crippen molar-refractivity contribution in [3.63, 3.8) is 0 Å². The predicted octanol–water partition coefficient (Wildman–Crippen LogP) is 6.52. The van der Waals surface area contributed by atoms with Gasteiger partial charge in [0, 0.05) is 5.39 Å². The Bertz CT molecular complexity index is 1280. The minimum absolute atomic E-state index is 0.0278. The molecule has 4 aromatic rings. The van der Waals surface area contributed by atoms with Crippen LogP contribution in [0.4, 0.5) is 4.39 Å². The van der Waals surface area contributed by atoms with Crippen molar-refractivity contribution in [3.8, 4) is 0 Å². The molecule has 2 heterocycles. The Kier molecular flexibility index (Phi) is 7.56. The van der Waals surface area contributed by atoms with Crippen LogP contribution in [-0.4, -0.2) is 35.0 Å². The number of hydrogen-bond acceptors (Lipinski definition) is 5. The summed E-state index contributed by atoms with van der Waals surface area (Å²) in [6.45, 7) is 0.865. The molecule has 1 aliphatic heterocycles. The van der Waals surface area contributed by atoms with Gasteiger partial charge < -0.3 is 14.2 Å². The van der Waals surface area contributed by atoms with E-state index < -0.39 is 24.5 Å². The van der Waals surface area contributed by atoms with E-state index in [4.69, 9.17) is 37.4 Å². The van der Waals surface area contributed by atoms with Crippen molar-refractivity contribution in [2.75, 3.05) is 6.61 Å². The van der Waals surface area contributed by atoms with Gasteiger partial charge in [-0.3, -0.25) is 0 Å². The highest BCUT2D eigenvalue weighted by molar-refractivity contribution is 6.35. The van der Waals surface area contributed by atoms with Gasteiger partial charge in [0.15, 0.2) is 6.17 Å². The minimum atomic E-state index is -1.41. The number of alkyl halides is 1. The van der Waals surface area contributed by atoms with E-state index in [9.17, 15) is 0 Å². The molecular formula is C27H23Cl2FN2O3. The van der Waals surface area contributed by atoms with Crippen LogP contribution in [0, 0.1) is 0 Å². The molecule has 5 rings (SSSR count). The van der Waals surface area contributed by atoms with Gasteiger partial charge in [-0.2, -0.15) is 0 Å². The normalized spacial score (nSPS) is 22.0. The third kappa shape index (κ3) is 5.63. The summed E-state index contributed by atoms with van der Waals surface area (Å²) in [7, 11) is 0. The molecule has 180 valence electrons. The molecule has 0 amide bonds.